The minimum Gasteiger partial charge on any atom is -0.416 e. The van der Waals surface area contributed by atoms with Gasteiger partial charge in [0.1, 0.15) is 0 Å². The van der Waals surface area contributed by atoms with E-state index < -0.39 is 0 Å². The molecule has 6 radical (unpaired) electrons. The van der Waals surface area contributed by atoms with E-state index in [2.05, 4.69) is 71.2 Å². The molecule has 0 aliphatic heterocycles. The van der Waals surface area contributed by atoms with Gasteiger partial charge in [-0.05, 0) is 69.2 Å². The van der Waals surface area contributed by atoms with Crippen LogP contribution in [-0.4, -0.2) is 52.7 Å². The summed E-state index contributed by atoms with van der Waals surface area (Å²) in [6.07, 6.45) is 3.03. The van der Waals surface area contributed by atoms with Crippen molar-refractivity contribution in [1.29, 1.82) is 0 Å². The molecule has 2 N–H and O–H groups in total. The van der Waals surface area contributed by atoms with E-state index in [1.165, 1.54) is 16.7 Å². The van der Waals surface area contributed by atoms with E-state index in [1.54, 1.807) is 0 Å². The maximum absolute atomic E-state index is 6.29. The first kappa shape index (κ1) is 27.8. The lowest BCUT2D eigenvalue weighted by Gasteiger charge is -2.26. The highest BCUT2D eigenvalue weighted by molar-refractivity contribution is 5.98. The molecule has 0 bridgehead atoms. The lowest BCUT2D eigenvalue weighted by atomic mass is 9.95. The van der Waals surface area contributed by atoms with Gasteiger partial charge in [0.25, 0.3) is 0 Å². The first-order valence-corrected chi connectivity index (χ1v) is 12.4. The van der Waals surface area contributed by atoms with Crippen molar-refractivity contribution in [3.05, 3.63) is 64.7 Å². The maximum Gasteiger partial charge on any atom is 0.246 e. The monoisotopic (exact) mass is 483 g/mol. The topological polar surface area (TPSA) is 62.9 Å². The van der Waals surface area contributed by atoms with Crippen LogP contribution in [0.1, 0.15) is 55.9 Å². The van der Waals surface area contributed by atoms with Crippen molar-refractivity contribution in [2.24, 2.45) is 5.92 Å². The van der Waals surface area contributed by atoms with Gasteiger partial charge in [0.05, 0.1) is 13.2 Å². The second kappa shape index (κ2) is 14.7. The third-order valence-electron chi connectivity index (χ3n) is 5.76. The molecular weight excluding hydrogens is 446 g/mol. The van der Waals surface area contributed by atoms with E-state index in [-0.39, 0.29) is 24.4 Å². The van der Waals surface area contributed by atoms with Crippen LogP contribution >= 0.6 is 0 Å². The number of nitrogen functional groups attached to an aromatic ring is 1. The molecule has 0 aliphatic carbocycles. The molecule has 0 aromatic heterocycles. The van der Waals surface area contributed by atoms with Crippen LogP contribution in [0, 0.1) is 12.8 Å². The third-order valence-corrected chi connectivity index (χ3v) is 6.56. The fourth-order valence-corrected chi connectivity index (χ4v) is 3.76. The second-order valence-electron chi connectivity index (χ2n) is 8.92. The number of anilines is 1. The molecule has 2 aromatic carbocycles. The smallest absolute Gasteiger partial charge is 0.246 e. The van der Waals surface area contributed by atoms with Crippen LogP contribution < -0.4 is 5.73 Å². The molecule has 0 spiro atoms. The Morgan fingerprint density at radius 1 is 0.818 bits per heavy atom. The molecule has 0 amide bonds. The number of nitrogens with two attached hydrogens (primary N) is 1. The van der Waals surface area contributed by atoms with Crippen molar-refractivity contribution in [3.63, 3.8) is 0 Å². The number of rotatable bonds is 15. The van der Waals surface area contributed by atoms with Crippen LogP contribution in [0.5, 0.6) is 0 Å². The van der Waals surface area contributed by atoms with Gasteiger partial charge in [0.15, 0.2) is 6.29 Å². The Morgan fingerprint density at radius 2 is 1.36 bits per heavy atom. The maximum atomic E-state index is 6.29. The molecule has 2 rings (SSSR count). The molecule has 178 valence electrons. The Labute approximate surface area is 206 Å². The van der Waals surface area contributed by atoms with Crippen LogP contribution in [0.2, 0.25) is 0 Å². The number of hydrogen-bond acceptors (Lipinski definition) is 5. The molecule has 2 aromatic rings. The second-order valence-corrected chi connectivity index (χ2v) is 9.39. The summed E-state index contributed by atoms with van der Waals surface area (Å²) in [6.45, 7) is 9.37. The minimum atomic E-state index is -0.313. The SMILES string of the molecule is Cc1ccc(Cc2cc(CC(C)C(OCCC(C)O[Si])OCCC(C)O[Si])ccc2N)cc1. The first-order chi connectivity index (χ1) is 15.8. The number of aryl methyl sites for hydroxylation is 1. The van der Waals surface area contributed by atoms with Crippen LogP contribution in [0.25, 0.3) is 0 Å². The molecule has 0 heterocycles. The van der Waals surface area contributed by atoms with Crippen molar-refractivity contribution >= 4 is 26.7 Å². The van der Waals surface area contributed by atoms with Gasteiger partial charge in [-0.1, -0.05) is 48.9 Å². The number of hydrogen-bond donors (Lipinski definition) is 1. The number of benzene rings is 2. The normalized spacial score (nSPS) is 15.2. The highest BCUT2D eigenvalue weighted by Gasteiger charge is 2.20. The Balaban J connectivity index is 2.03. The summed E-state index contributed by atoms with van der Waals surface area (Å²) < 4.78 is 22.5. The van der Waals surface area contributed by atoms with Gasteiger partial charge in [-0.3, -0.25) is 0 Å². The van der Waals surface area contributed by atoms with Crippen LogP contribution in [-0.2, 0) is 31.2 Å². The Kier molecular flexibility index (Phi) is 12.4. The van der Waals surface area contributed by atoms with Crippen molar-refractivity contribution in [3.8, 4) is 0 Å². The Morgan fingerprint density at radius 3 is 1.91 bits per heavy atom. The van der Waals surface area contributed by atoms with Gasteiger partial charge in [-0.25, -0.2) is 0 Å². The summed E-state index contributed by atoms with van der Waals surface area (Å²) >= 11 is 0. The molecule has 0 aliphatic rings. The zero-order chi connectivity index (χ0) is 24.2. The molecular formula is C26H37NO4Si2. The third kappa shape index (κ3) is 10.1. The largest absolute Gasteiger partial charge is 0.416 e. The summed E-state index contributed by atoms with van der Waals surface area (Å²) in [5.74, 6) is 0.167. The van der Waals surface area contributed by atoms with Gasteiger partial charge in [0.2, 0.25) is 21.0 Å². The molecule has 0 fully saturated rings. The quantitative estimate of drug-likeness (QED) is 0.230. The van der Waals surface area contributed by atoms with E-state index in [0.29, 0.717) is 13.2 Å². The fourth-order valence-electron chi connectivity index (χ4n) is 3.53. The molecule has 5 nitrogen and oxygen atoms in total. The van der Waals surface area contributed by atoms with E-state index in [1.807, 2.05) is 19.9 Å². The van der Waals surface area contributed by atoms with Gasteiger partial charge in [-0.15, -0.1) is 0 Å². The van der Waals surface area contributed by atoms with Gasteiger partial charge < -0.3 is 24.1 Å². The number of ether oxygens (including phenoxy) is 2. The van der Waals surface area contributed by atoms with Crippen molar-refractivity contribution in [2.45, 2.75) is 71.9 Å². The zero-order valence-corrected chi connectivity index (χ0v) is 22.3. The molecule has 3 atom stereocenters. The summed E-state index contributed by atoms with van der Waals surface area (Å²) in [4.78, 5) is 0. The lowest BCUT2D eigenvalue weighted by Crippen LogP contribution is -2.29. The molecule has 7 heteroatoms. The average Bonchev–Trinajstić information content (AvgIpc) is 2.81. The first-order valence-electron chi connectivity index (χ1n) is 11.6. The molecule has 3 unspecified atom stereocenters. The summed E-state index contributed by atoms with van der Waals surface area (Å²) in [5, 5.41) is 0. The highest BCUT2D eigenvalue weighted by Crippen LogP contribution is 2.23. The molecule has 33 heavy (non-hydrogen) atoms. The van der Waals surface area contributed by atoms with E-state index in [0.717, 1.165) is 36.9 Å². The van der Waals surface area contributed by atoms with E-state index >= 15 is 0 Å². The lowest BCUT2D eigenvalue weighted by molar-refractivity contribution is -0.173. The zero-order valence-electron chi connectivity index (χ0n) is 20.3. The average molecular weight is 484 g/mol. The Bertz CT molecular complexity index is 802. The van der Waals surface area contributed by atoms with E-state index in [4.69, 9.17) is 24.1 Å². The predicted molar refractivity (Wildman–Crippen MR) is 135 cm³/mol. The summed E-state index contributed by atoms with van der Waals surface area (Å²) in [5.41, 5.74) is 12.0. The Hall–Kier alpha value is -1.49. The standard InChI is InChI=1S/C26H37NO4Si2/c1-18-5-7-22(8-6-18)16-24-17-23(9-10-25(24)27)15-19(2)26(28-13-11-20(3)30-32)29-14-12-21(4)31-33/h5-10,17,19-21,26H,11-16,27H2,1-4H3. The van der Waals surface area contributed by atoms with Gasteiger partial charge >= 0.3 is 0 Å². The molecule has 0 saturated heterocycles. The minimum absolute atomic E-state index is 0.0700. The van der Waals surface area contributed by atoms with Crippen LogP contribution in [0.3, 0.4) is 0 Å². The van der Waals surface area contributed by atoms with Crippen molar-refractivity contribution in [2.75, 3.05) is 18.9 Å². The predicted octanol–water partition coefficient (Wildman–Crippen LogP) is 4.46. The highest BCUT2D eigenvalue weighted by atomic mass is 28.2. The van der Waals surface area contributed by atoms with Crippen LogP contribution in [0.15, 0.2) is 42.5 Å². The van der Waals surface area contributed by atoms with Gasteiger partial charge in [-0.2, -0.15) is 0 Å². The van der Waals surface area contributed by atoms with Crippen molar-refractivity contribution in [1.82, 2.24) is 0 Å². The van der Waals surface area contributed by atoms with Crippen molar-refractivity contribution < 1.29 is 18.3 Å². The van der Waals surface area contributed by atoms with Crippen LogP contribution in [0.4, 0.5) is 5.69 Å². The van der Waals surface area contributed by atoms with Gasteiger partial charge in [0, 0.05) is 23.8 Å². The molecule has 0 saturated carbocycles. The fraction of sp³-hybridized carbons (Fsp3) is 0.538. The van der Waals surface area contributed by atoms with E-state index in [9.17, 15) is 0 Å². The summed E-state index contributed by atoms with van der Waals surface area (Å²) in [6, 6.07) is 14.9. The summed E-state index contributed by atoms with van der Waals surface area (Å²) in [7, 11) is 6.19.